The minimum Gasteiger partial charge on any atom is -0.447 e. The van der Waals surface area contributed by atoms with Crippen LogP contribution in [0.5, 0.6) is 0 Å². The summed E-state index contributed by atoms with van der Waals surface area (Å²) in [5.74, 6) is 3.93. The highest BCUT2D eigenvalue weighted by atomic mass is 16.3. The molecule has 1 aromatic rings. The van der Waals surface area contributed by atoms with Crippen LogP contribution in [0, 0.1) is 17.8 Å². The molecule has 2 aliphatic rings. The normalized spacial score (nSPS) is 33.7. The van der Waals surface area contributed by atoms with Gasteiger partial charge in [0.2, 0.25) is 0 Å². The van der Waals surface area contributed by atoms with Crippen molar-refractivity contribution in [2.24, 2.45) is 17.8 Å². The van der Waals surface area contributed by atoms with Crippen molar-refractivity contribution in [2.45, 2.75) is 32.2 Å². The van der Waals surface area contributed by atoms with Gasteiger partial charge < -0.3 is 9.73 Å². The van der Waals surface area contributed by atoms with E-state index in [0.717, 1.165) is 36.6 Å². The lowest BCUT2D eigenvalue weighted by atomic mass is 9.89. The fourth-order valence-corrected chi connectivity index (χ4v) is 3.34. The lowest BCUT2D eigenvalue weighted by Gasteiger charge is -2.21. The zero-order valence-corrected chi connectivity index (χ0v) is 8.98. The van der Waals surface area contributed by atoms with Gasteiger partial charge in [-0.2, -0.15) is 0 Å². The molecule has 3 nitrogen and oxygen atoms in total. The van der Waals surface area contributed by atoms with Crippen molar-refractivity contribution in [2.75, 3.05) is 6.54 Å². The van der Waals surface area contributed by atoms with Gasteiger partial charge in [0, 0.05) is 0 Å². The Kier molecular flexibility index (Phi) is 2.49. The largest absolute Gasteiger partial charge is 0.447 e. The van der Waals surface area contributed by atoms with Crippen LogP contribution >= 0.6 is 0 Å². The van der Waals surface area contributed by atoms with E-state index in [1.165, 1.54) is 32.1 Å². The number of fused-ring (bicyclic) bond motifs is 2. The molecule has 3 atom stereocenters. The highest BCUT2D eigenvalue weighted by Crippen LogP contribution is 2.47. The van der Waals surface area contributed by atoms with Gasteiger partial charge in [0.25, 0.3) is 0 Å². The van der Waals surface area contributed by atoms with E-state index in [2.05, 4.69) is 10.3 Å². The SMILES string of the molecule is c1ncc(CNCC2CC3CCC2C3)o1. The van der Waals surface area contributed by atoms with E-state index in [1.54, 1.807) is 6.20 Å². The average molecular weight is 206 g/mol. The molecule has 1 N–H and O–H groups in total. The number of rotatable bonds is 4. The number of hydrogen-bond donors (Lipinski definition) is 1. The van der Waals surface area contributed by atoms with E-state index < -0.39 is 0 Å². The Morgan fingerprint density at radius 1 is 1.40 bits per heavy atom. The second-order valence-corrected chi connectivity index (χ2v) is 5.03. The smallest absolute Gasteiger partial charge is 0.180 e. The third-order valence-corrected chi connectivity index (χ3v) is 4.07. The summed E-state index contributed by atoms with van der Waals surface area (Å²) in [6.07, 6.45) is 9.19. The maximum atomic E-state index is 5.19. The molecule has 0 saturated heterocycles. The quantitative estimate of drug-likeness (QED) is 0.820. The Hall–Kier alpha value is -0.830. The summed E-state index contributed by atoms with van der Waals surface area (Å²) in [5, 5.41) is 3.48. The number of nitrogens with one attached hydrogen (secondary N) is 1. The molecule has 2 saturated carbocycles. The molecule has 0 spiro atoms. The van der Waals surface area contributed by atoms with Crippen LogP contribution < -0.4 is 5.32 Å². The topological polar surface area (TPSA) is 38.1 Å². The highest BCUT2D eigenvalue weighted by Gasteiger charge is 2.38. The second kappa shape index (κ2) is 3.97. The number of nitrogens with zero attached hydrogens (tertiary/aromatic N) is 1. The van der Waals surface area contributed by atoms with Crippen LogP contribution in [0.25, 0.3) is 0 Å². The standard InChI is InChI=1S/C12H18N2O/c1-2-10-3-9(1)4-11(10)5-13-6-12-7-14-8-15-12/h7-11,13H,1-6H2. The summed E-state index contributed by atoms with van der Waals surface area (Å²) < 4.78 is 5.19. The van der Waals surface area contributed by atoms with E-state index >= 15 is 0 Å². The minimum atomic E-state index is 0.827. The van der Waals surface area contributed by atoms with Gasteiger partial charge in [0.15, 0.2) is 6.39 Å². The first-order valence-corrected chi connectivity index (χ1v) is 6.00. The summed E-state index contributed by atoms with van der Waals surface area (Å²) in [6.45, 7) is 1.98. The van der Waals surface area contributed by atoms with Crippen LogP contribution in [0.3, 0.4) is 0 Å². The Labute approximate surface area is 90.3 Å². The van der Waals surface area contributed by atoms with Crippen molar-refractivity contribution in [1.82, 2.24) is 10.3 Å². The molecule has 2 fully saturated rings. The van der Waals surface area contributed by atoms with E-state index in [-0.39, 0.29) is 0 Å². The molecule has 2 aliphatic carbocycles. The van der Waals surface area contributed by atoms with Gasteiger partial charge in [-0.25, -0.2) is 4.98 Å². The Bertz CT molecular complexity index is 309. The fraction of sp³-hybridized carbons (Fsp3) is 0.750. The van der Waals surface area contributed by atoms with Crippen LogP contribution in [-0.2, 0) is 6.54 Å². The van der Waals surface area contributed by atoms with Crippen molar-refractivity contribution in [3.8, 4) is 0 Å². The maximum Gasteiger partial charge on any atom is 0.180 e. The maximum absolute atomic E-state index is 5.19. The molecule has 3 rings (SSSR count). The summed E-state index contributed by atoms with van der Waals surface area (Å²) in [4.78, 5) is 3.90. The van der Waals surface area contributed by atoms with Crippen LogP contribution in [0.15, 0.2) is 17.0 Å². The van der Waals surface area contributed by atoms with Crippen molar-refractivity contribution in [3.63, 3.8) is 0 Å². The van der Waals surface area contributed by atoms with Crippen molar-refractivity contribution >= 4 is 0 Å². The Morgan fingerprint density at radius 2 is 2.40 bits per heavy atom. The molecule has 3 unspecified atom stereocenters. The Balaban J connectivity index is 1.43. The molecule has 3 heteroatoms. The van der Waals surface area contributed by atoms with Gasteiger partial charge in [0.05, 0.1) is 12.7 Å². The molecule has 1 aromatic heterocycles. The lowest BCUT2D eigenvalue weighted by molar-refractivity contribution is 0.314. The third-order valence-electron chi connectivity index (χ3n) is 4.07. The molecule has 15 heavy (non-hydrogen) atoms. The van der Waals surface area contributed by atoms with E-state index in [1.807, 2.05) is 0 Å². The predicted octanol–water partition coefficient (Wildman–Crippen LogP) is 2.20. The van der Waals surface area contributed by atoms with Crippen LogP contribution in [0.2, 0.25) is 0 Å². The summed E-state index contributed by atoms with van der Waals surface area (Å²) in [6, 6.07) is 0. The van der Waals surface area contributed by atoms with Gasteiger partial charge in [-0.1, -0.05) is 6.42 Å². The van der Waals surface area contributed by atoms with Gasteiger partial charge >= 0.3 is 0 Å². The van der Waals surface area contributed by atoms with E-state index in [9.17, 15) is 0 Å². The summed E-state index contributed by atoms with van der Waals surface area (Å²) >= 11 is 0. The summed E-state index contributed by atoms with van der Waals surface area (Å²) in [7, 11) is 0. The van der Waals surface area contributed by atoms with Gasteiger partial charge in [-0.3, -0.25) is 0 Å². The zero-order chi connectivity index (χ0) is 10.1. The second-order valence-electron chi connectivity index (χ2n) is 5.03. The molecular formula is C12H18N2O. The number of oxazole rings is 1. The molecule has 82 valence electrons. The minimum absolute atomic E-state index is 0.827. The average Bonchev–Trinajstić information content (AvgIpc) is 2.93. The molecule has 2 bridgehead atoms. The van der Waals surface area contributed by atoms with Crippen molar-refractivity contribution < 1.29 is 4.42 Å². The van der Waals surface area contributed by atoms with Gasteiger partial charge in [-0.05, 0) is 43.6 Å². The van der Waals surface area contributed by atoms with Gasteiger partial charge in [0.1, 0.15) is 5.76 Å². The lowest BCUT2D eigenvalue weighted by Crippen LogP contribution is -2.26. The van der Waals surface area contributed by atoms with E-state index in [0.29, 0.717) is 0 Å². The predicted molar refractivity (Wildman–Crippen MR) is 57.1 cm³/mol. The van der Waals surface area contributed by atoms with Crippen LogP contribution in [0.4, 0.5) is 0 Å². The number of aromatic nitrogens is 1. The van der Waals surface area contributed by atoms with Crippen molar-refractivity contribution in [1.29, 1.82) is 0 Å². The van der Waals surface area contributed by atoms with Crippen LogP contribution in [-0.4, -0.2) is 11.5 Å². The van der Waals surface area contributed by atoms with E-state index in [4.69, 9.17) is 4.42 Å². The monoisotopic (exact) mass is 206 g/mol. The molecule has 0 aliphatic heterocycles. The highest BCUT2D eigenvalue weighted by molar-refractivity contribution is 4.92. The first kappa shape index (κ1) is 9.40. The molecule has 0 aromatic carbocycles. The molecule has 0 amide bonds. The van der Waals surface area contributed by atoms with Crippen LogP contribution in [0.1, 0.15) is 31.4 Å². The number of hydrogen-bond acceptors (Lipinski definition) is 3. The first-order valence-electron chi connectivity index (χ1n) is 6.00. The molecular weight excluding hydrogens is 188 g/mol. The first-order chi connectivity index (χ1) is 7.42. The molecule has 0 radical (unpaired) electrons. The van der Waals surface area contributed by atoms with Gasteiger partial charge in [-0.15, -0.1) is 0 Å². The molecule has 1 heterocycles. The third kappa shape index (κ3) is 1.93. The van der Waals surface area contributed by atoms with Crippen molar-refractivity contribution in [3.05, 3.63) is 18.4 Å². The zero-order valence-electron chi connectivity index (χ0n) is 8.98. The Morgan fingerprint density at radius 3 is 3.07 bits per heavy atom. The summed E-state index contributed by atoms with van der Waals surface area (Å²) in [5.41, 5.74) is 0. The fourth-order valence-electron chi connectivity index (χ4n) is 3.34.